The molecule has 0 unspecified atom stereocenters. The van der Waals surface area contributed by atoms with Crippen LogP contribution in [0.25, 0.3) is 10.2 Å². The first-order valence-corrected chi connectivity index (χ1v) is 8.76. The van der Waals surface area contributed by atoms with Gasteiger partial charge in [0.05, 0.1) is 5.39 Å². The van der Waals surface area contributed by atoms with Crippen LogP contribution in [0.4, 0.5) is 10.2 Å². The van der Waals surface area contributed by atoms with Gasteiger partial charge in [-0.05, 0) is 44.0 Å². The van der Waals surface area contributed by atoms with Crippen molar-refractivity contribution in [3.05, 3.63) is 52.4 Å². The first-order chi connectivity index (χ1) is 12.0. The molecule has 0 bridgehead atoms. The lowest BCUT2D eigenvalue weighted by Gasteiger charge is -2.15. The largest absolute Gasteiger partial charge is 0.358 e. The highest BCUT2D eigenvalue weighted by Crippen LogP contribution is 2.32. The van der Waals surface area contributed by atoms with E-state index in [2.05, 4.69) is 20.6 Å². The Bertz CT molecular complexity index is 907. The lowest BCUT2D eigenvalue weighted by Crippen LogP contribution is -2.37. The molecule has 0 saturated carbocycles. The molecule has 0 radical (unpaired) electrons. The summed E-state index contributed by atoms with van der Waals surface area (Å²) in [5.74, 6) is 0.219. The number of hydrogen-bond donors (Lipinski definition) is 2. The van der Waals surface area contributed by atoms with Crippen LogP contribution in [0.5, 0.6) is 0 Å². The van der Waals surface area contributed by atoms with E-state index in [1.165, 1.54) is 23.3 Å². The molecule has 3 aromatic rings. The molecule has 130 valence electrons. The molecular formula is C18H19FN4OS. The summed E-state index contributed by atoms with van der Waals surface area (Å²) in [4.78, 5) is 23.0. The van der Waals surface area contributed by atoms with E-state index in [4.69, 9.17) is 0 Å². The van der Waals surface area contributed by atoms with E-state index in [1.54, 1.807) is 30.4 Å². The van der Waals surface area contributed by atoms with Crippen LogP contribution in [0, 0.1) is 19.7 Å². The highest BCUT2D eigenvalue weighted by Gasteiger charge is 2.17. The number of amides is 1. The van der Waals surface area contributed by atoms with Gasteiger partial charge in [-0.3, -0.25) is 4.79 Å². The summed E-state index contributed by atoms with van der Waals surface area (Å²) in [5.41, 5.74) is 1.97. The third-order valence-electron chi connectivity index (χ3n) is 4.09. The van der Waals surface area contributed by atoms with Crippen molar-refractivity contribution in [3.8, 4) is 0 Å². The van der Waals surface area contributed by atoms with Crippen molar-refractivity contribution in [2.24, 2.45) is 0 Å². The van der Waals surface area contributed by atoms with Crippen LogP contribution in [0.1, 0.15) is 22.9 Å². The Hall–Kier alpha value is -2.54. The van der Waals surface area contributed by atoms with E-state index in [0.29, 0.717) is 12.4 Å². The second kappa shape index (κ2) is 7.14. The first kappa shape index (κ1) is 17.3. The van der Waals surface area contributed by atoms with E-state index < -0.39 is 6.04 Å². The molecule has 0 aliphatic heterocycles. The fourth-order valence-corrected chi connectivity index (χ4v) is 3.50. The number of benzene rings is 1. The highest BCUT2D eigenvalue weighted by molar-refractivity contribution is 7.18. The number of anilines is 1. The maximum Gasteiger partial charge on any atom is 0.242 e. The number of halogens is 1. The normalized spacial score (nSPS) is 12.2. The van der Waals surface area contributed by atoms with Gasteiger partial charge in [-0.2, -0.15) is 0 Å². The highest BCUT2D eigenvalue weighted by atomic mass is 32.1. The molecule has 3 rings (SSSR count). The van der Waals surface area contributed by atoms with Crippen LogP contribution in [0.2, 0.25) is 0 Å². The predicted molar refractivity (Wildman–Crippen MR) is 98.2 cm³/mol. The molecule has 1 atom stereocenters. The van der Waals surface area contributed by atoms with E-state index in [0.717, 1.165) is 21.3 Å². The topological polar surface area (TPSA) is 66.9 Å². The SMILES string of the molecule is Cc1sc2ncnc(N[C@@H](C)C(=O)NCc3ccc(F)cc3)c2c1C. The average Bonchev–Trinajstić information content (AvgIpc) is 2.89. The molecule has 1 aromatic carbocycles. The zero-order valence-corrected chi connectivity index (χ0v) is 15.1. The average molecular weight is 358 g/mol. The lowest BCUT2D eigenvalue weighted by molar-refractivity contribution is -0.121. The minimum atomic E-state index is -0.460. The number of aryl methyl sites for hydroxylation is 2. The van der Waals surface area contributed by atoms with Crippen molar-refractivity contribution in [2.45, 2.75) is 33.4 Å². The second-order valence-electron chi connectivity index (χ2n) is 5.90. The molecule has 5 nitrogen and oxygen atoms in total. The van der Waals surface area contributed by atoms with Crippen LogP contribution < -0.4 is 10.6 Å². The summed E-state index contributed by atoms with van der Waals surface area (Å²) in [7, 11) is 0. The number of aromatic nitrogens is 2. The van der Waals surface area contributed by atoms with Crippen molar-refractivity contribution in [1.29, 1.82) is 0 Å². The number of thiophene rings is 1. The number of nitrogens with one attached hydrogen (secondary N) is 2. The molecule has 1 amide bonds. The Kier molecular flexibility index (Phi) is 4.94. The zero-order chi connectivity index (χ0) is 18.0. The van der Waals surface area contributed by atoms with Gasteiger partial charge in [-0.15, -0.1) is 11.3 Å². The molecule has 0 aliphatic carbocycles. The molecule has 2 aromatic heterocycles. The Balaban J connectivity index is 1.68. The van der Waals surface area contributed by atoms with Crippen molar-refractivity contribution in [3.63, 3.8) is 0 Å². The van der Waals surface area contributed by atoms with Gasteiger partial charge >= 0.3 is 0 Å². The number of carbonyl (C=O) groups is 1. The van der Waals surface area contributed by atoms with E-state index >= 15 is 0 Å². The van der Waals surface area contributed by atoms with Gasteiger partial charge in [0.15, 0.2) is 0 Å². The molecule has 7 heteroatoms. The van der Waals surface area contributed by atoms with Crippen molar-refractivity contribution in [1.82, 2.24) is 15.3 Å². The van der Waals surface area contributed by atoms with Crippen LogP contribution in [0.15, 0.2) is 30.6 Å². The number of hydrogen-bond acceptors (Lipinski definition) is 5. The number of carbonyl (C=O) groups excluding carboxylic acids is 1. The van der Waals surface area contributed by atoms with Gasteiger partial charge in [0.25, 0.3) is 0 Å². The standard InChI is InChI=1S/C18H19FN4OS/c1-10-12(3)25-18-15(10)16(21-9-22-18)23-11(2)17(24)20-8-13-4-6-14(19)7-5-13/h4-7,9,11H,8H2,1-3H3,(H,20,24)(H,21,22,23)/t11-/m0/s1. The minimum absolute atomic E-state index is 0.152. The Morgan fingerprint density at radius 3 is 2.68 bits per heavy atom. The molecule has 0 saturated heterocycles. The van der Waals surface area contributed by atoms with Crippen molar-refractivity contribution < 1.29 is 9.18 Å². The molecule has 2 heterocycles. The fraction of sp³-hybridized carbons (Fsp3) is 0.278. The van der Waals surface area contributed by atoms with Gasteiger partial charge in [-0.1, -0.05) is 12.1 Å². The van der Waals surface area contributed by atoms with Crippen molar-refractivity contribution in [2.75, 3.05) is 5.32 Å². The second-order valence-corrected chi connectivity index (χ2v) is 7.10. The Labute approximate surface area is 149 Å². The third kappa shape index (κ3) is 3.76. The molecule has 0 fully saturated rings. The summed E-state index contributed by atoms with van der Waals surface area (Å²) >= 11 is 1.61. The van der Waals surface area contributed by atoms with E-state index in [1.807, 2.05) is 13.8 Å². The molecular weight excluding hydrogens is 339 g/mol. The zero-order valence-electron chi connectivity index (χ0n) is 14.3. The van der Waals surface area contributed by atoms with Crippen LogP contribution in [-0.2, 0) is 11.3 Å². The number of rotatable bonds is 5. The van der Waals surface area contributed by atoms with Crippen LogP contribution in [-0.4, -0.2) is 21.9 Å². The van der Waals surface area contributed by atoms with Gasteiger partial charge < -0.3 is 10.6 Å². The lowest BCUT2D eigenvalue weighted by atomic mass is 10.2. The number of nitrogens with zero attached hydrogens (tertiary/aromatic N) is 2. The maximum atomic E-state index is 12.9. The summed E-state index contributed by atoms with van der Waals surface area (Å²) < 4.78 is 12.9. The third-order valence-corrected chi connectivity index (χ3v) is 5.21. The van der Waals surface area contributed by atoms with Gasteiger partial charge in [0.2, 0.25) is 5.91 Å². The Morgan fingerprint density at radius 2 is 1.96 bits per heavy atom. The number of fused-ring (bicyclic) bond motifs is 1. The van der Waals surface area contributed by atoms with Crippen LogP contribution in [0.3, 0.4) is 0 Å². The molecule has 0 aliphatic rings. The summed E-state index contributed by atoms with van der Waals surface area (Å²) in [6.07, 6.45) is 1.50. The fourth-order valence-electron chi connectivity index (χ4n) is 2.51. The molecule has 25 heavy (non-hydrogen) atoms. The van der Waals surface area contributed by atoms with Gasteiger partial charge in [0.1, 0.15) is 28.8 Å². The Morgan fingerprint density at radius 1 is 1.24 bits per heavy atom. The summed E-state index contributed by atoms with van der Waals surface area (Å²) in [6.45, 7) is 6.20. The predicted octanol–water partition coefficient (Wildman–Crippen LogP) is 3.56. The molecule has 2 N–H and O–H groups in total. The van der Waals surface area contributed by atoms with Crippen molar-refractivity contribution >= 4 is 33.3 Å². The summed E-state index contributed by atoms with van der Waals surface area (Å²) in [5, 5.41) is 6.97. The minimum Gasteiger partial charge on any atom is -0.358 e. The van der Waals surface area contributed by atoms with Crippen LogP contribution >= 0.6 is 11.3 Å². The maximum absolute atomic E-state index is 12.9. The summed E-state index contributed by atoms with van der Waals surface area (Å²) in [6, 6.07) is 5.60. The smallest absolute Gasteiger partial charge is 0.242 e. The van der Waals surface area contributed by atoms with Gasteiger partial charge in [-0.25, -0.2) is 14.4 Å². The van der Waals surface area contributed by atoms with E-state index in [9.17, 15) is 9.18 Å². The monoisotopic (exact) mass is 358 g/mol. The van der Waals surface area contributed by atoms with E-state index in [-0.39, 0.29) is 11.7 Å². The first-order valence-electron chi connectivity index (χ1n) is 7.95. The molecule has 0 spiro atoms. The van der Waals surface area contributed by atoms with Gasteiger partial charge in [0, 0.05) is 11.4 Å². The quantitative estimate of drug-likeness (QED) is 0.732.